The van der Waals surface area contributed by atoms with Gasteiger partial charge in [-0.2, -0.15) is 0 Å². The van der Waals surface area contributed by atoms with Gasteiger partial charge in [0.15, 0.2) is 0 Å². The monoisotopic (exact) mass is 788 g/mol. The summed E-state index contributed by atoms with van der Waals surface area (Å²) in [6.45, 7) is 6.34. The van der Waals surface area contributed by atoms with E-state index < -0.39 is 18.2 Å². The first-order valence-electron chi connectivity index (χ1n) is 24.2. The highest BCUT2D eigenvalue weighted by atomic mass is 16.5. The van der Waals surface area contributed by atoms with E-state index in [1.165, 1.54) is 122 Å². The number of carbonyl (C=O) groups excluding carboxylic acids is 2. The van der Waals surface area contributed by atoms with Crippen molar-refractivity contribution < 1.29 is 24.5 Å². The van der Waals surface area contributed by atoms with E-state index >= 15 is 0 Å². The van der Waals surface area contributed by atoms with E-state index in [1.54, 1.807) is 0 Å². The van der Waals surface area contributed by atoms with E-state index in [4.69, 9.17) is 4.74 Å². The van der Waals surface area contributed by atoms with Crippen molar-refractivity contribution >= 4 is 11.9 Å². The number of rotatable bonds is 43. The molecule has 3 N–H and O–H groups in total. The van der Waals surface area contributed by atoms with Crippen LogP contribution in [0, 0.1) is 0 Å². The average molecular weight is 788 g/mol. The maximum Gasteiger partial charge on any atom is 0.306 e. The molecule has 0 fully saturated rings. The lowest BCUT2D eigenvalue weighted by molar-refractivity contribution is -0.151. The molecule has 0 aromatic heterocycles. The molecule has 0 aliphatic heterocycles. The lowest BCUT2D eigenvalue weighted by Crippen LogP contribution is -2.46. The Balaban J connectivity index is 4.60. The normalized spacial score (nSPS) is 13.6. The van der Waals surface area contributed by atoms with Crippen molar-refractivity contribution in [3.8, 4) is 0 Å². The van der Waals surface area contributed by atoms with Gasteiger partial charge in [0.25, 0.3) is 0 Å². The molecular formula is C50H93NO5. The predicted molar refractivity (Wildman–Crippen MR) is 241 cm³/mol. The van der Waals surface area contributed by atoms with Crippen molar-refractivity contribution in [1.29, 1.82) is 0 Å². The number of esters is 1. The molecule has 1 amide bonds. The van der Waals surface area contributed by atoms with E-state index in [1.807, 2.05) is 0 Å². The molecule has 0 aromatic rings. The molecule has 0 saturated carbocycles. The Morgan fingerprint density at radius 1 is 0.536 bits per heavy atom. The molecule has 328 valence electrons. The first-order chi connectivity index (χ1) is 27.5. The number of ether oxygens (including phenoxy) is 1. The second-order valence-corrected chi connectivity index (χ2v) is 16.6. The average Bonchev–Trinajstić information content (AvgIpc) is 3.19. The highest BCUT2D eigenvalue weighted by Gasteiger charge is 2.24. The fourth-order valence-electron chi connectivity index (χ4n) is 7.37. The number of amides is 1. The van der Waals surface area contributed by atoms with Crippen LogP contribution in [0.25, 0.3) is 0 Å². The molecule has 3 atom stereocenters. The number of aliphatic hydroxyl groups excluding tert-OH is 2. The SMILES string of the molecule is CC/C=C/C=C/C=C\CCCCCCCC(=O)OC(CCCCCCCCCCCCCCC)CC(=O)NC(CO)C(O)CCCCCCCCCCCCC. The number of unbranched alkanes of at least 4 members (excludes halogenated alkanes) is 27. The fourth-order valence-corrected chi connectivity index (χ4v) is 7.37. The molecule has 6 heteroatoms. The zero-order valence-electron chi connectivity index (χ0n) is 37.3. The van der Waals surface area contributed by atoms with E-state index in [9.17, 15) is 19.8 Å². The minimum Gasteiger partial charge on any atom is -0.462 e. The summed E-state index contributed by atoms with van der Waals surface area (Å²) in [5.74, 6) is -0.490. The van der Waals surface area contributed by atoms with Crippen LogP contribution < -0.4 is 5.32 Å². The van der Waals surface area contributed by atoms with Crippen molar-refractivity contribution in [2.75, 3.05) is 6.61 Å². The Morgan fingerprint density at radius 2 is 0.964 bits per heavy atom. The summed E-state index contributed by atoms with van der Waals surface area (Å²) in [5, 5.41) is 23.7. The van der Waals surface area contributed by atoms with Gasteiger partial charge in [-0.1, -0.05) is 224 Å². The summed E-state index contributed by atoms with van der Waals surface area (Å²) in [5.41, 5.74) is 0. The molecule has 0 aliphatic carbocycles. The zero-order valence-corrected chi connectivity index (χ0v) is 37.3. The van der Waals surface area contributed by atoms with E-state index in [2.05, 4.69) is 62.5 Å². The van der Waals surface area contributed by atoms with Crippen molar-refractivity contribution in [3.63, 3.8) is 0 Å². The number of hydrogen-bond donors (Lipinski definition) is 3. The predicted octanol–water partition coefficient (Wildman–Crippen LogP) is 14.1. The summed E-state index contributed by atoms with van der Waals surface area (Å²) >= 11 is 0. The topological polar surface area (TPSA) is 95.9 Å². The number of nitrogens with one attached hydrogen (secondary N) is 1. The highest BCUT2D eigenvalue weighted by molar-refractivity contribution is 5.77. The second-order valence-electron chi connectivity index (χ2n) is 16.6. The molecular weight excluding hydrogens is 695 g/mol. The maximum absolute atomic E-state index is 13.2. The van der Waals surface area contributed by atoms with Crippen LogP contribution in [0.3, 0.4) is 0 Å². The lowest BCUT2D eigenvalue weighted by Gasteiger charge is -2.24. The Labute approximate surface area is 347 Å². The van der Waals surface area contributed by atoms with Crippen molar-refractivity contribution in [2.24, 2.45) is 0 Å². The van der Waals surface area contributed by atoms with Crippen molar-refractivity contribution in [2.45, 2.75) is 264 Å². The fraction of sp³-hybridized carbons (Fsp3) is 0.840. The third-order valence-corrected chi connectivity index (χ3v) is 11.0. The first kappa shape index (κ1) is 54.1. The first-order valence-corrected chi connectivity index (χ1v) is 24.2. The van der Waals surface area contributed by atoms with Crippen LogP contribution >= 0.6 is 0 Å². The number of aliphatic hydroxyl groups is 2. The Morgan fingerprint density at radius 3 is 1.45 bits per heavy atom. The van der Waals surface area contributed by atoms with Crippen LogP contribution in [0.4, 0.5) is 0 Å². The quantitative estimate of drug-likeness (QED) is 0.0325. The molecule has 6 nitrogen and oxygen atoms in total. The van der Waals surface area contributed by atoms with Gasteiger partial charge in [-0.15, -0.1) is 0 Å². The molecule has 0 rings (SSSR count). The van der Waals surface area contributed by atoms with Crippen molar-refractivity contribution in [3.05, 3.63) is 36.5 Å². The lowest BCUT2D eigenvalue weighted by atomic mass is 10.0. The Hall–Kier alpha value is -1.92. The van der Waals surface area contributed by atoms with Gasteiger partial charge in [0.2, 0.25) is 5.91 Å². The van der Waals surface area contributed by atoms with Crippen LogP contribution in [0.5, 0.6) is 0 Å². The third-order valence-electron chi connectivity index (χ3n) is 11.0. The summed E-state index contributed by atoms with van der Waals surface area (Å²) < 4.78 is 5.91. The zero-order chi connectivity index (χ0) is 41.0. The largest absolute Gasteiger partial charge is 0.462 e. The summed E-state index contributed by atoms with van der Waals surface area (Å²) in [6, 6.07) is -0.701. The van der Waals surface area contributed by atoms with Gasteiger partial charge >= 0.3 is 5.97 Å². The third kappa shape index (κ3) is 38.9. The van der Waals surface area contributed by atoms with Gasteiger partial charge in [0, 0.05) is 6.42 Å². The van der Waals surface area contributed by atoms with Gasteiger partial charge in [-0.25, -0.2) is 0 Å². The molecule has 0 heterocycles. The molecule has 0 spiro atoms. The Bertz CT molecular complexity index is 930. The number of hydrogen-bond acceptors (Lipinski definition) is 5. The molecule has 0 bridgehead atoms. The molecule has 0 radical (unpaired) electrons. The van der Waals surface area contributed by atoms with E-state index in [0.29, 0.717) is 19.3 Å². The second kappa shape index (κ2) is 44.2. The summed E-state index contributed by atoms with van der Waals surface area (Å²) in [4.78, 5) is 26.0. The molecule has 3 unspecified atom stereocenters. The number of allylic oxidation sites excluding steroid dienone is 6. The Kier molecular flexibility index (Phi) is 42.7. The molecule has 0 saturated heterocycles. The van der Waals surface area contributed by atoms with Gasteiger partial charge in [0.1, 0.15) is 6.10 Å². The summed E-state index contributed by atoms with van der Waals surface area (Å²) in [6.07, 6.45) is 50.6. The van der Waals surface area contributed by atoms with Gasteiger partial charge in [-0.3, -0.25) is 9.59 Å². The van der Waals surface area contributed by atoms with Gasteiger partial charge in [-0.05, 0) is 44.9 Å². The molecule has 56 heavy (non-hydrogen) atoms. The maximum atomic E-state index is 13.2. The van der Waals surface area contributed by atoms with E-state index in [-0.39, 0.29) is 24.9 Å². The van der Waals surface area contributed by atoms with Crippen LogP contribution in [0.1, 0.15) is 245 Å². The van der Waals surface area contributed by atoms with Crippen LogP contribution in [0.15, 0.2) is 36.5 Å². The highest BCUT2D eigenvalue weighted by Crippen LogP contribution is 2.18. The minimum absolute atomic E-state index is 0.0727. The molecule has 0 aromatic carbocycles. The smallest absolute Gasteiger partial charge is 0.306 e. The number of carbonyl (C=O) groups is 2. The van der Waals surface area contributed by atoms with Gasteiger partial charge in [0.05, 0.1) is 25.2 Å². The standard InChI is InChI=1S/C50H93NO5/c1-4-7-10-13-16-19-22-24-27-29-32-35-38-41-46(56-50(55)43-40-37-34-31-28-25-23-20-17-14-11-8-5-2)44-49(54)51-47(45-52)48(53)42-39-36-33-30-26-21-18-15-12-9-6-3/h8,11,14,17,20,23,46-48,52-53H,4-7,9-10,12-13,15-16,18-19,21-22,24-45H2,1-3H3,(H,51,54)/b11-8+,17-14+,23-20-. The van der Waals surface area contributed by atoms with Gasteiger partial charge < -0.3 is 20.3 Å². The minimum atomic E-state index is -0.787. The summed E-state index contributed by atoms with van der Waals surface area (Å²) in [7, 11) is 0. The van der Waals surface area contributed by atoms with Crippen LogP contribution in [-0.4, -0.2) is 46.9 Å². The molecule has 0 aliphatic rings. The van der Waals surface area contributed by atoms with Crippen LogP contribution in [0.2, 0.25) is 0 Å². The van der Waals surface area contributed by atoms with Crippen molar-refractivity contribution in [1.82, 2.24) is 5.32 Å². The van der Waals surface area contributed by atoms with Crippen LogP contribution in [-0.2, 0) is 14.3 Å². The van der Waals surface area contributed by atoms with E-state index in [0.717, 1.165) is 77.0 Å².